The number of nitrogens with two attached hydrogens (primary N) is 1. The molecule has 2 aliphatic rings. The molecular weight excluding hydrogens is 340 g/mol. The van der Waals surface area contributed by atoms with E-state index in [9.17, 15) is 4.79 Å². The van der Waals surface area contributed by atoms with E-state index in [-0.39, 0.29) is 5.78 Å². The van der Waals surface area contributed by atoms with Crippen LogP contribution in [0.1, 0.15) is 43.0 Å². The minimum atomic E-state index is 0.0381. The number of Topliss-reactive ketones (excluding diaryl/α,β-unsaturated/α-hetero) is 1. The van der Waals surface area contributed by atoms with Crippen LogP contribution in [0.3, 0.4) is 0 Å². The first-order valence-electron chi connectivity index (χ1n) is 9.90. The highest BCUT2D eigenvalue weighted by Gasteiger charge is 2.22. The van der Waals surface area contributed by atoms with Gasteiger partial charge in [-0.3, -0.25) is 9.78 Å². The van der Waals surface area contributed by atoms with Gasteiger partial charge in [-0.15, -0.1) is 0 Å². The van der Waals surface area contributed by atoms with E-state index in [0.29, 0.717) is 17.6 Å². The second-order valence-electron chi connectivity index (χ2n) is 7.66. The van der Waals surface area contributed by atoms with Crippen LogP contribution in [0, 0.1) is 0 Å². The summed E-state index contributed by atoms with van der Waals surface area (Å²) in [7, 11) is 0. The smallest absolute Gasteiger partial charge is 0.163 e. The van der Waals surface area contributed by atoms with Gasteiger partial charge in [0.15, 0.2) is 5.78 Å². The molecule has 0 radical (unpaired) electrons. The normalized spacial score (nSPS) is 23.4. The molecule has 2 aromatic rings. The van der Waals surface area contributed by atoms with E-state index in [2.05, 4.69) is 27.3 Å². The van der Waals surface area contributed by atoms with E-state index >= 15 is 0 Å². The molecule has 144 valence electrons. The molecule has 2 fully saturated rings. The summed E-state index contributed by atoms with van der Waals surface area (Å²) in [5, 5.41) is 4.68. The summed E-state index contributed by atoms with van der Waals surface area (Å²) in [6.45, 7) is 4.87. The van der Waals surface area contributed by atoms with Crippen molar-refractivity contribution in [1.29, 1.82) is 0 Å². The molecule has 6 heteroatoms. The van der Waals surface area contributed by atoms with Crippen LogP contribution in [0.2, 0.25) is 0 Å². The highest BCUT2D eigenvalue weighted by atomic mass is 16.5. The van der Waals surface area contributed by atoms with Gasteiger partial charge >= 0.3 is 0 Å². The summed E-state index contributed by atoms with van der Waals surface area (Å²) in [6.07, 6.45) is 5.82. The third-order valence-electron chi connectivity index (χ3n) is 5.73. The summed E-state index contributed by atoms with van der Waals surface area (Å²) in [4.78, 5) is 19.1. The van der Waals surface area contributed by atoms with Gasteiger partial charge in [0, 0.05) is 42.4 Å². The van der Waals surface area contributed by atoms with Crippen LogP contribution in [0.15, 0.2) is 24.4 Å². The van der Waals surface area contributed by atoms with E-state index in [1.807, 2.05) is 6.07 Å². The van der Waals surface area contributed by atoms with Gasteiger partial charge in [0.1, 0.15) is 0 Å². The zero-order valence-corrected chi connectivity index (χ0v) is 15.9. The topological polar surface area (TPSA) is 80.5 Å². The molecule has 27 heavy (non-hydrogen) atoms. The fourth-order valence-corrected chi connectivity index (χ4v) is 4.09. The van der Waals surface area contributed by atoms with Crippen LogP contribution in [0.4, 0.5) is 11.4 Å². The summed E-state index contributed by atoms with van der Waals surface area (Å²) < 4.78 is 5.47. The molecule has 4 rings (SSSR count). The molecule has 0 unspecified atom stereocenters. The number of morpholine rings is 1. The van der Waals surface area contributed by atoms with Crippen LogP contribution in [0.5, 0.6) is 0 Å². The molecule has 1 aliphatic heterocycles. The van der Waals surface area contributed by atoms with Crippen molar-refractivity contribution >= 4 is 28.1 Å². The summed E-state index contributed by atoms with van der Waals surface area (Å²) in [5.41, 5.74) is 9.70. The number of ether oxygens (including phenoxy) is 1. The number of anilines is 2. The van der Waals surface area contributed by atoms with Crippen molar-refractivity contribution in [2.75, 3.05) is 36.5 Å². The number of fused-ring (bicyclic) bond motifs is 1. The number of ketones is 1. The number of pyridine rings is 1. The zero-order chi connectivity index (χ0) is 18.8. The molecule has 1 aliphatic carbocycles. The van der Waals surface area contributed by atoms with Crippen molar-refractivity contribution in [1.82, 2.24) is 4.98 Å². The number of aromatic nitrogens is 1. The van der Waals surface area contributed by atoms with Gasteiger partial charge in [0.25, 0.3) is 0 Å². The van der Waals surface area contributed by atoms with Crippen LogP contribution in [0.25, 0.3) is 10.9 Å². The number of hydrogen-bond acceptors (Lipinski definition) is 6. The van der Waals surface area contributed by atoms with Gasteiger partial charge in [-0.2, -0.15) is 0 Å². The molecule has 1 aromatic carbocycles. The number of hydrogen-bond donors (Lipinski definition) is 2. The minimum Gasteiger partial charge on any atom is -0.381 e. The van der Waals surface area contributed by atoms with Gasteiger partial charge in [-0.1, -0.05) is 0 Å². The highest BCUT2D eigenvalue weighted by molar-refractivity contribution is 6.07. The van der Waals surface area contributed by atoms with Crippen LogP contribution in [-0.4, -0.2) is 49.2 Å². The van der Waals surface area contributed by atoms with Gasteiger partial charge in [0.2, 0.25) is 0 Å². The predicted molar refractivity (Wildman–Crippen MR) is 109 cm³/mol. The Morgan fingerprint density at radius 3 is 2.67 bits per heavy atom. The zero-order valence-electron chi connectivity index (χ0n) is 15.9. The van der Waals surface area contributed by atoms with E-state index in [0.717, 1.165) is 74.3 Å². The van der Waals surface area contributed by atoms with Crippen molar-refractivity contribution in [2.24, 2.45) is 5.73 Å². The van der Waals surface area contributed by atoms with Crippen LogP contribution >= 0.6 is 0 Å². The van der Waals surface area contributed by atoms with Crippen molar-refractivity contribution in [3.63, 3.8) is 0 Å². The number of nitrogens with one attached hydrogen (secondary N) is 1. The molecule has 0 bridgehead atoms. The molecule has 2 heterocycles. The van der Waals surface area contributed by atoms with E-state index in [1.165, 1.54) is 0 Å². The lowest BCUT2D eigenvalue weighted by atomic mass is 9.91. The third-order valence-corrected chi connectivity index (χ3v) is 5.73. The lowest BCUT2D eigenvalue weighted by Crippen LogP contribution is -2.36. The quantitative estimate of drug-likeness (QED) is 0.808. The average molecular weight is 368 g/mol. The first kappa shape index (κ1) is 18.2. The lowest BCUT2D eigenvalue weighted by molar-refractivity contribution is 0.101. The van der Waals surface area contributed by atoms with Crippen molar-refractivity contribution < 1.29 is 9.53 Å². The second-order valence-corrected chi connectivity index (χ2v) is 7.66. The Balaban J connectivity index is 1.72. The Hall–Kier alpha value is -2.18. The lowest BCUT2D eigenvalue weighted by Gasteiger charge is -2.30. The van der Waals surface area contributed by atoms with Gasteiger partial charge in [-0.25, -0.2) is 0 Å². The molecule has 1 saturated carbocycles. The second kappa shape index (κ2) is 7.82. The number of benzene rings is 1. The molecular formula is C21H28N4O2. The van der Waals surface area contributed by atoms with Crippen molar-refractivity contribution in [3.05, 3.63) is 30.0 Å². The maximum absolute atomic E-state index is 12.3. The van der Waals surface area contributed by atoms with E-state index < -0.39 is 0 Å². The fourth-order valence-electron chi connectivity index (χ4n) is 4.09. The Morgan fingerprint density at radius 2 is 1.96 bits per heavy atom. The third kappa shape index (κ3) is 3.92. The van der Waals surface area contributed by atoms with Gasteiger partial charge in [-0.05, 0) is 50.8 Å². The molecule has 1 saturated heterocycles. The Labute approximate surface area is 160 Å². The summed E-state index contributed by atoms with van der Waals surface area (Å²) in [5.74, 6) is 0.0381. The molecule has 3 N–H and O–H groups in total. The molecule has 0 atom stereocenters. The summed E-state index contributed by atoms with van der Waals surface area (Å²) >= 11 is 0. The number of rotatable bonds is 4. The molecule has 1 aromatic heterocycles. The average Bonchev–Trinajstić information content (AvgIpc) is 2.70. The molecule has 0 amide bonds. The highest BCUT2D eigenvalue weighted by Crippen LogP contribution is 2.32. The summed E-state index contributed by atoms with van der Waals surface area (Å²) in [6, 6.07) is 6.97. The maximum Gasteiger partial charge on any atom is 0.163 e. The predicted octanol–water partition coefficient (Wildman–Crippen LogP) is 2.96. The van der Waals surface area contributed by atoms with Gasteiger partial charge in [0.05, 0.1) is 30.0 Å². The molecule has 6 nitrogen and oxygen atoms in total. The Kier molecular flexibility index (Phi) is 5.27. The SMILES string of the molecule is CC(=O)c1cnc2ccc(N3CCOCC3)cc2c1NC1CCC(N)CC1. The monoisotopic (exact) mass is 368 g/mol. The van der Waals surface area contributed by atoms with Crippen molar-refractivity contribution in [3.8, 4) is 0 Å². The standard InChI is InChI=1S/C21H28N4O2/c1-14(26)19-13-23-20-7-6-17(25-8-10-27-11-9-25)12-18(20)21(19)24-16-4-2-15(22)3-5-16/h6-7,12-13,15-16H,2-5,8-11,22H2,1H3,(H,23,24). The fraction of sp³-hybridized carbons (Fsp3) is 0.524. The number of carbonyl (C=O) groups is 1. The Bertz CT molecular complexity index is 824. The van der Waals surface area contributed by atoms with Crippen molar-refractivity contribution in [2.45, 2.75) is 44.7 Å². The molecule has 0 spiro atoms. The van der Waals surface area contributed by atoms with Crippen LogP contribution < -0.4 is 16.0 Å². The largest absolute Gasteiger partial charge is 0.381 e. The first-order chi connectivity index (χ1) is 13.1. The van der Waals surface area contributed by atoms with E-state index in [4.69, 9.17) is 10.5 Å². The maximum atomic E-state index is 12.3. The number of nitrogens with zero attached hydrogens (tertiary/aromatic N) is 2. The minimum absolute atomic E-state index is 0.0381. The first-order valence-corrected chi connectivity index (χ1v) is 9.90. The van der Waals surface area contributed by atoms with Gasteiger partial charge < -0.3 is 20.7 Å². The Morgan fingerprint density at radius 1 is 1.22 bits per heavy atom. The van der Waals surface area contributed by atoms with E-state index in [1.54, 1.807) is 13.1 Å². The number of carbonyl (C=O) groups excluding carboxylic acids is 1. The van der Waals surface area contributed by atoms with Crippen LogP contribution in [-0.2, 0) is 4.74 Å².